The van der Waals surface area contributed by atoms with Crippen LogP contribution in [0.4, 0.5) is 5.69 Å². The van der Waals surface area contributed by atoms with Gasteiger partial charge in [-0.25, -0.2) is 13.1 Å². The Morgan fingerprint density at radius 3 is 2.72 bits per heavy atom. The Morgan fingerprint density at radius 1 is 1.39 bits per heavy atom. The number of ether oxygens (including phenoxy) is 2. The third-order valence-electron chi connectivity index (χ3n) is 2.26. The van der Waals surface area contributed by atoms with Gasteiger partial charge in [-0.1, -0.05) is 0 Å². The van der Waals surface area contributed by atoms with E-state index in [1.54, 1.807) is 0 Å². The first-order chi connectivity index (χ1) is 8.51. The molecule has 0 atom stereocenters. The summed E-state index contributed by atoms with van der Waals surface area (Å²) < 4.78 is 36.3. The third kappa shape index (κ3) is 3.86. The van der Waals surface area contributed by atoms with Crippen LogP contribution in [0.25, 0.3) is 0 Å². The van der Waals surface area contributed by atoms with E-state index in [4.69, 9.17) is 15.2 Å². The maximum Gasteiger partial charge on any atom is 0.240 e. The molecule has 1 rings (SSSR count). The fourth-order valence-electron chi connectivity index (χ4n) is 1.33. The molecule has 6 nitrogen and oxygen atoms in total. The van der Waals surface area contributed by atoms with Crippen molar-refractivity contribution in [2.45, 2.75) is 11.8 Å². The maximum absolute atomic E-state index is 11.9. The van der Waals surface area contributed by atoms with Crippen molar-refractivity contribution in [1.29, 1.82) is 0 Å². The van der Waals surface area contributed by atoms with Gasteiger partial charge < -0.3 is 15.2 Å². The molecule has 0 amide bonds. The zero-order valence-electron chi connectivity index (χ0n) is 10.5. The van der Waals surface area contributed by atoms with E-state index >= 15 is 0 Å². The summed E-state index contributed by atoms with van der Waals surface area (Å²) in [6.07, 6.45) is 0. The molecule has 1 aromatic rings. The molecule has 0 fully saturated rings. The molecule has 0 bridgehead atoms. The van der Waals surface area contributed by atoms with Crippen LogP contribution in [-0.2, 0) is 14.8 Å². The quantitative estimate of drug-likeness (QED) is 0.561. The Kier molecular flexibility index (Phi) is 5.39. The minimum atomic E-state index is -3.56. The van der Waals surface area contributed by atoms with Crippen LogP contribution in [0.5, 0.6) is 5.75 Å². The lowest BCUT2D eigenvalue weighted by Gasteiger charge is -2.09. The van der Waals surface area contributed by atoms with Gasteiger partial charge in [0.05, 0.1) is 24.3 Å². The first-order valence-electron chi connectivity index (χ1n) is 5.52. The summed E-state index contributed by atoms with van der Waals surface area (Å²) >= 11 is 0. The second-order valence-electron chi connectivity index (χ2n) is 3.50. The van der Waals surface area contributed by atoms with E-state index < -0.39 is 10.0 Å². The molecular weight excluding hydrogens is 256 g/mol. The molecule has 3 N–H and O–H groups in total. The highest BCUT2D eigenvalue weighted by atomic mass is 32.2. The number of nitrogens with two attached hydrogens (primary N) is 1. The fourth-order valence-corrected chi connectivity index (χ4v) is 2.36. The molecule has 0 aliphatic heterocycles. The molecule has 0 heterocycles. The summed E-state index contributed by atoms with van der Waals surface area (Å²) in [5.41, 5.74) is 6.02. The highest BCUT2D eigenvalue weighted by Crippen LogP contribution is 2.24. The Bertz CT molecular complexity index is 488. The van der Waals surface area contributed by atoms with E-state index in [9.17, 15) is 8.42 Å². The maximum atomic E-state index is 11.9. The smallest absolute Gasteiger partial charge is 0.240 e. The number of rotatable bonds is 7. The van der Waals surface area contributed by atoms with Crippen molar-refractivity contribution in [3.8, 4) is 5.75 Å². The zero-order valence-corrected chi connectivity index (χ0v) is 11.3. The van der Waals surface area contributed by atoms with Crippen LogP contribution in [0.3, 0.4) is 0 Å². The van der Waals surface area contributed by atoms with Gasteiger partial charge in [-0.2, -0.15) is 0 Å². The lowest BCUT2D eigenvalue weighted by Crippen LogP contribution is -2.27. The van der Waals surface area contributed by atoms with Crippen LogP contribution >= 0.6 is 0 Å². The van der Waals surface area contributed by atoms with Crippen LogP contribution in [-0.4, -0.2) is 35.3 Å². The van der Waals surface area contributed by atoms with Crippen LogP contribution in [0.2, 0.25) is 0 Å². The number of hydrogen-bond acceptors (Lipinski definition) is 5. The number of nitrogens with one attached hydrogen (secondary N) is 1. The Labute approximate surface area is 107 Å². The third-order valence-corrected chi connectivity index (χ3v) is 3.72. The number of sulfonamides is 1. The predicted molar refractivity (Wildman–Crippen MR) is 69.1 cm³/mol. The summed E-state index contributed by atoms with van der Waals surface area (Å²) in [6, 6.07) is 4.31. The molecule has 0 saturated heterocycles. The van der Waals surface area contributed by atoms with Gasteiger partial charge in [-0.15, -0.1) is 0 Å². The average molecular weight is 274 g/mol. The molecule has 0 unspecified atom stereocenters. The molecular formula is C11H18N2O4S. The van der Waals surface area contributed by atoms with Crippen LogP contribution in [0.15, 0.2) is 23.1 Å². The van der Waals surface area contributed by atoms with Crippen LogP contribution in [0.1, 0.15) is 6.92 Å². The van der Waals surface area contributed by atoms with Gasteiger partial charge in [0.15, 0.2) is 0 Å². The number of hydrogen-bond donors (Lipinski definition) is 2. The van der Waals surface area contributed by atoms with E-state index in [2.05, 4.69) is 4.72 Å². The minimum absolute atomic E-state index is 0.116. The number of nitrogen functional groups attached to an aromatic ring is 1. The van der Waals surface area contributed by atoms with E-state index in [0.717, 1.165) is 0 Å². The molecule has 102 valence electrons. The largest absolute Gasteiger partial charge is 0.495 e. The Morgan fingerprint density at radius 2 is 2.11 bits per heavy atom. The SMILES string of the molecule is CCOCCNS(=O)(=O)c1ccc(N)c(OC)c1. The first kappa shape index (κ1) is 14.7. The minimum Gasteiger partial charge on any atom is -0.495 e. The standard InChI is InChI=1S/C11H18N2O4S/c1-3-17-7-6-13-18(14,15)9-4-5-10(12)11(8-9)16-2/h4-5,8,13H,3,6-7,12H2,1-2H3. The molecule has 0 aliphatic carbocycles. The van der Waals surface area contributed by atoms with Gasteiger partial charge in [0.1, 0.15) is 5.75 Å². The van der Waals surface area contributed by atoms with Crippen molar-refractivity contribution in [3.05, 3.63) is 18.2 Å². The van der Waals surface area contributed by atoms with Gasteiger partial charge >= 0.3 is 0 Å². The second kappa shape index (κ2) is 6.58. The van der Waals surface area contributed by atoms with Crippen molar-refractivity contribution < 1.29 is 17.9 Å². The molecule has 0 aromatic heterocycles. The van der Waals surface area contributed by atoms with Gasteiger partial charge in [-0.3, -0.25) is 0 Å². The van der Waals surface area contributed by atoms with Gasteiger partial charge in [0.25, 0.3) is 0 Å². The highest BCUT2D eigenvalue weighted by Gasteiger charge is 2.15. The molecule has 0 saturated carbocycles. The number of methoxy groups -OCH3 is 1. The molecule has 7 heteroatoms. The number of anilines is 1. The van der Waals surface area contributed by atoms with E-state index in [-0.39, 0.29) is 11.4 Å². The second-order valence-corrected chi connectivity index (χ2v) is 5.27. The van der Waals surface area contributed by atoms with Gasteiger partial charge in [0, 0.05) is 19.2 Å². The Hall–Kier alpha value is -1.31. The van der Waals surface area contributed by atoms with E-state index in [1.165, 1.54) is 25.3 Å². The predicted octanol–water partition coefficient (Wildman–Crippen LogP) is 0.592. The fraction of sp³-hybridized carbons (Fsp3) is 0.455. The average Bonchev–Trinajstić information content (AvgIpc) is 2.35. The van der Waals surface area contributed by atoms with Gasteiger partial charge in [0.2, 0.25) is 10.0 Å². The number of benzene rings is 1. The molecule has 0 radical (unpaired) electrons. The highest BCUT2D eigenvalue weighted by molar-refractivity contribution is 7.89. The van der Waals surface area contributed by atoms with Crippen molar-refractivity contribution in [1.82, 2.24) is 4.72 Å². The van der Waals surface area contributed by atoms with E-state index in [1.807, 2.05) is 6.92 Å². The Balaban J connectivity index is 2.78. The molecule has 1 aromatic carbocycles. The van der Waals surface area contributed by atoms with E-state index in [0.29, 0.717) is 24.7 Å². The van der Waals surface area contributed by atoms with Crippen LogP contribution < -0.4 is 15.2 Å². The van der Waals surface area contributed by atoms with Gasteiger partial charge in [-0.05, 0) is 19.1 Å². The van der Waals surface area contributed by atoms with Crippen molar-refractivity contribution in [2.24, 2.45) is 0 Å². The van der Waals surface area contributed by atoms with Crippen LogP contribution in [0, 0.1) is 0 Å². The summed E-state index contributed by atoms with van der Waals surface area (Å²) in [4.78, 5) is 0.116. The topological polar surface area (TPSA) is 90.7 Å². The lowest BCUT2D eigenvalue weighted by molar-refractivity contribution is 0.153. The molecule has 0 spiro atoms. The lowest BCUT2D eigenvalue weighted by atomic mass is 10.3. The summed E-state index contributed by atoms with van der Waals surface area (Å²) in [6.45, 7) is 2.96. The van der Waals surface area contributed by atoms with Crippen molar-refractivity contribution in [2.75, 3.05) is 32.6 Å². The van der Waals surface area contributed by atoms with Crippen molar-refractivity contribution >= 4 is 15.7 Å². The first-order valence-corrected chi connectivity index (χ1v) is 7.00. The zero-order chi connectivity index (χ0) is 13.6. The summed E-state index contributed by atoms with van der Waals surface area (Å²) in [5, 5.41) is 0. The molecule has 18 heavy (non-hydrogen) atoms. The van der Waals surface area contributed by atoms with Crippen molar-refractivity contribution in [3.63, 3.8) is 0 Å². The molecule has 0 aliphatic rings. The normalized spacial score (nSPS) is 11.4. The monoisotopic (exact) mass is 274 g/mol. The summed E-state index contributed by atoms with van der Waals surface area (Å²) in [7, 11) is -2.12. The summed E-state index contributed by atoms with van der Waals surface area (Å²) in [5.74, 6) is 0.336.